The second-order valence-electron chi connectivity index (χ2n) is 5.44. The molecule has 0 bridgehead atoms. The van der Waals surface area contributed by atoms with E-state index in [9.17, 15) is 0 Å². The van der Waals surface area contributed by atoms with E-state index in [-0.39, 0.29) is 0 Å². The van der Waals surface area contributed by atoms with Crippen molar-refractivity contribution in [3.05, 3.63) is 76.9 Å². The third-order valence-electron chi connectivity index (χ3n) is 4.45. The molecule has 0 spiro atoms. The van der Waals surface area contributed by atoms with Crippen LogP contribution >= 0.6 is 0 Å². The fraction of sp³-hybridized carbons (Fsp3) is 0.222. The second-order valence-corrected chi connectivity index (χ2v) is 5.44. The SMILES string of the molecule is C1=CC2Cc3ccccc3CC2c2ccccc21. The molecule has 0 fully saturated rings. The van der Waals surface area contributed by atoms with Gasteiger partial charge in [0.25, 0.3) is 0 Å². The zero-order chi connectivity index (χ0) is 11.9. The van der Waals surface area contributed by atoms with E-state index < -0.39 is 0 Å². The molecule has 0 aromatic heterocycles. The molecule has 2 aromatic carbocycles. The van der Waals surface area contributed by atoms with Crippen LogP contribution in [0.4, 0.5) is 0 Å². The van der Waals surface area contributed by atoms with Crippen molar-refractivity contribution >= 4 is 6.08 Å². The molecule has 2 unspecified atom stereocenters. The molecule has 2 atom stereocenters. The summed E-state index contributed by atoms with van der Waals surface area (Å²) in [5, 5.41) is 0. The molecule has 0 aliphatic heterocycles. The summed E-state index contributed by atoms with van der Waals surface area (Å²) in [5.41, 5.74) is 6.05. The highest BCUT2D eigenvalue weighted by Crippen LogP contribution is 2.42. The van der Waals surface area contributed by atoms with E-state index in [4.69, 9.17) is 0 Å². The Morgan fingerprint density at radius 2 is 1.50 bits per heavy atom. The first-order valence-electron chi connectivity index (χ1n) is 6.76. The van der Waals surface area contributed by atoms with Crippen LogP contribution in [0.2, 0.25) is 0 Å². The Balaban J connectivity index is 1.82. The first kappa shape index (κ1) is 10.1. The number of fused-ring (bicyclic) bond motifs is 4. The predicted molar refractivity (Wildman–Crippen MR) is 75.6 cm³/mol. The lowest BCUT2D eigenvalue weighted by atomic mass is 9.69. The summed E-state index contributed by atoms with van der Waals surface area (Å²) >= 11 is 0. The lowest BCUT2D eigenvalue weighted by Crippen LogP contribution is -2.24. The molecule has 0 heterocycles. The number of benzene rings is 2. The van der Waals surface area contributed by atoms with E-state index in [1.165, 1.54) is 18.4 Å². The number of hydrogen-bond donors (Lipinski definition) is 0. The van der Waals surface area contributed by atoms with Crippen molar-refractivity contribution in [1.29, 1.82) is 0 Å². The minimum Gasteiger partial charge on any atom is -0.0799 e. The average Bonchev–Trinajstić information content (AvgIpc) is 2.45. The van der Waals surface area contributed by atoms with Crippen LogP contribution in [0, 0.1) is 5.92 Å². The summed E-state index contributed by atoms with van der Waals surface area (Å²) in [7, 11) is 0. The molecule has 88 valence electrons. The molecule has 0 saturated heterocycles. The lowest BCUT2D eigenvalue weighted by Gasteiger charge is -2.35. The van der Waals surface area contributed by atoms with Gasteiger partial charge in [-0.15, -0.1) is 0 Å². The number of allylic oxidation sites excluding steroid dienone is 1. The summed E-state index contributed by atoms with van der Waals surface area (Å²) < 4.78 is 0. The molecule has 2 aliphatic rings. The summed E-state index contributed by atoms with van der Waals surface area (Å²) in [6, 6.07) is 17.8. The highest BCUT2D eigenvalue weighted by atomic mass is 14.3. The van der Waals surface area contributed by atoms with Gasteiger partial charge in [-0.3, -0.25) is 0 Å². The maximum Gasteiger partial charge on any atom is -0.00492 e. The maximum absolute atomic E-state index is 2.42. The van der Waals surface area contributed by atoms with Gasteiger partial charge in [-0.05, 0) is 46.9 Å². The largest absolute Gasteiger partial charge is 0.0799 e. The van der Waals surface area contributed by atoms with Crippen molar-refractivity contribution in [2.24, 2.45) is 5.92 Å². The van der Waals surface area contributed by atoms with Crippen LogP contribution in [0.25, 0.3) is 6.08 Å². The minimum atomic E-state index is 0.682. The van der Waals surface area contributed by atoms with Crippen LogP contribution in [0.5, 0.6) is 0 Å². The molecule has 0 N–H and O–H groups in total. The Morgan fingerprint density at radius 3 is 2.39 bits per heavy atom. The van der Waals surface area contributed by atoms with E-state index in [1.807, 2.05) is 0 Å². The van der Waals surface area contributed by atoms with E-state index in [0.717, 1.165) is 0 Å². The number of rotatable bonds is 0. The molecule has 0 amide bonds. The predicted octanol–water partition coefficient (Wildman–Crippen LogP) is 4.21. The highest BCUT2D eigenvalue weighted by molar-refractivity contribution is 5.59. The minimum absolute atomic E-state index is 0.682. The quantitative estimate of drug-likeness (QED) is 0.638. The average molecular weight is 232 g/mol. The molecule has 4 rings (SSSR count). The van der Waals surface area contributed by atoms with Crippen LogP contribution in [0.1, 0.15) is 28.2 Å². The van der Waals surface area contributed by atoms with Crippen molar-refractivity contribution in [3.8, 4) is 0 Å². The van der Waals surface area contributed by atoms with Gasteiger partial charge in [0.2, 0.25) is 0 Å². The normalized spacial score (nSPS) is 24.0. The summed E-state index contributed by atoms with van der Waals surface area (Å²) in [4.78, 5) is 0. The smallest absolute Gasteiger partial charge is 0.00492 e. The molecule has 0 nitrogen and oxygen atoms in total. The van der Waals surface area contributed by atoms with Crippen molar-refractivity contribution in [1.82, 2.24) is 0 Å². The van der Waals surface area contributed by atoms with Gasteiger partial charge in [-0.2, -0.15) is 0 Å². The third-order valence-corrected chi connectivity index (χ3v) is 4.45. The zero-order valence-electron chi connectivity index (χ0n) is 10.3. The standard InChI is InChI=1S/C18H16/c1-2-7-15-12-18-16(11-14(15)6-1)10-9-13-5-3-4-8-17(13)18/h1-10,16,18H,11-12H2. The van der Waals surface area contributed by atoms with Gasteiger partial charge < -0.3 is 0 Å². The van der Waals surface area contributed by atoms with Gasteiger partial charge in [0, 0.05) is 0 Å². The van der Waals surface area contributed by atoms with Gasteiger partial charge in [0.05, 0.1) is 0 Å². The van der Waals surface area contributed by atoms with Crippen molar-refractivity contribution in [2.75, 3.05) is 0 Å². The summed E-state index contributed by atoms with van der Waals surface area (Å²) in [6.07, 6.45) is 7.13. The fourth-order valence-electron chi connectivity index (χ4n) is 3.51. The molecule has 0 heteroatoms. The Kier molecular flexibility index (Phi) is 2.16. The lowest BCUT2D eigenvalue weighted by molar-refractivity contribution is 0.468. The van der Waals surface area contributed by atoms with Gasteiger partial charge in [0.15, 0.2) is 0 Å². The molecular weight excluding hydrogens is 216 g/mol. The van der Waals surface area contributed by atoms with Crippen LogP contribution in [-0.4, -0.2) is 0 Å². The van der Waals surface area contributed by atoms with Gasteiger partial charge in [0.1, 0.15) is 0 Å². The van der Waals surface area contributed by atoms with Crippen LogP contribution in [0.3, 0.4) is 0 Å². The molecule has 2 aliphatic carbocycles. The van der Waals surface area contributed by atoms with Crippen LogP contribution in [0.15, 0.2) is 54.6 Å². The Labute approximate surface area is 108 Å². The van der Waals surface area contributed by atoms with Gasteiger partial charge in [-0.25, -0.2) is 0 Å². The van der Waals surface area contributed by atoms with Crippen LogP contribution < -0.4 is 0 Å². The fourth-order valence-corrected chi connectivity index (χ4v) is 3.51. The van der Waals surface area contributed by atoms with E-state index >= 15 is 0 Å². The molecule has 0 saturated carbocycles. The zero-order valence-corrected chi connectivity index (χ0v) is 10.3. The van der Waals surface area contributed by atoms with E-state index in [2.05, 4.69) is 60.7 Å². The molecular formula is C18H16. The topological polar surface area (TPSA) is 0 Å². The first-order chi connectivity index (χ1) is 8.92. The Morgan fingerprint density at radius 1 is 0.778 bits per heavy atom. The Hall–Kier alpha value is -1.82. The molecule has 0 radical (unpaired) electrons. The maximum atomic E-state index is 2.42. The van der Waals surface area contributed by atoms with Gasteiger partial charge in [-0.1, -0.05) is 60.7 Å². The summed E-state index contributed by atoms with van der Waals surface area (Å²) in [6.45, 7) is 0. The Bertz CT molecular complexity index is 621. The third kappa shape index (κ3) is 1.45. The number of hydrogen-bond acceptors (Lipinski definition) is 0. The van der Waals surface area contributed by atoms with E-state index in [0.29, 0.717) is 11.8 Å². The van der Waals surface area contributed by atoms with Crippen molar-refractivity contribution in [3.63, 3.8) is 0 Å². The molecule has 2 aromatic rings. The van der Waals surface area contributed by atoms with Crippen molar-refractivity contribution < 1.29 is 0 Å². The highest BCUT2D eigenvalue weighted by Gasteiger charge is 2.30. The second kappa shape index (κ2) is 3.84. The first-order valence-corrected chi connectivity index (χ1v) is 6.76. The van der Waals surface area contributed by atoms with E-state index in [1.54, 1.807) is 16.7 Å². The van der Waals surface area contributed by atoms with Gasteiger partial charge >= 0.3 is 0 Å². The van der Waals surface area contributed by atoms with Crippen molar-refractivity contribution in [2.45, 2.75) is 18.8 Å². The van der Waals surface area contributed by atoms with Crippen LogP contribution in [-0.2, 0) is 12.8 Å². The monoisotopic (exact) mass is 232 g/mol. The summed E-state index contributed by atoms with van der Waals surface area (Å²) in [5.74, 6) is 1.37. The molecule has 18 heavy (non-hydrogen) atoms.